The Hall–Kier alpha value is -0.870. The Morgan fingerprint density at radius 3 is 2.42 bits per heavy atom. The van der Waals surface area contributed by atoms with Gasteiger partial charge in [0.1, 0.15) is 0 Å². The van der Waals surface area contributed by atoms with Gasteiger partial charge in [0, 0.05) is 19.5 Å². The number of amides is 1. The molecule has 1 rings (SSSR count). The molecule has 19 heavy (non-hydrogen) atoms. The summed E-state index contributed by atoms with van der Waals surface area (Å²) in [6, 6.07) is 0. The van der Waals surface area contributed by atoms with E-state index in [-0.39, 0.29) is 5.91 Å². The minimum Gasteiger partial charge on any atom is -0.379 e. The van der Waals surface area contributed by atoms with Crippen LogP contribution in [0.5, 0.6) is 0 Å². The van der Waals surface area contributed by atoms with E-state index in [4.69, 9.17) is 4.74 Å². The first kappa shape index (κ1) is 16.2. The zero-order valence-electron chi connectivity index (χ0n) is 12.0. The molecule has 0 aromatic carbocycles. The molecule has 0 saturated carbocycles. The summed E-state index contributed by atoms with van der Waals surface area (Å²) in [5.74, 6) is 0.147. The summed E-state index contributed by atoms with van der Waals surface area (Å²) in [5.41, 5.74) is 2.94. The van der Waals surface area contributed by atoms with Crippen LogP contribution in [0.2, 0.25) is 0 Å². The molecular weight excluding hydrogens is 240 g/mol. The van der Waals surface area contributed by atoms with Gasteiger partial charge >= 0.3 is 0 Å². The van der Waals surface area contributed by atoms with Gasteiger partial charge in [-0.3, -0.25) is 10.2 Å². The molecular formula is C15H28N2O2. The van der Waals surface area contributed by atoms with Gasteiger partial charge in [0.05, 0.1) is 13.2 Å². The SMILES string of the molecule is C=CCCCCCCCCC(=O)NN1CCOCC1. The second-order valence-electron chi connectivity index (χ2n) is 5.08. The van der Waals surface area contributed by atoms with E-state index in [1.807, 2.05) is 11.1 Å². The number of hydrogen-bond donors (Lipinski definition) is 1. The summed E-state index contributed by atoms with van der Waals surface area (Å²) in [4.78, 5) is 11.7. The fourth-order valence-electron chi connectivity index (χ4n) is 2.19. The summed E-state index contributed by atoms with van der Waals surface area (Å²) in [7, 11) is 0. The zero-order chi connectivity index (χ0) is 13.8. The van der Waals surface area contributed by atoms with Crippen molar-refractivity contribution in [3.8, 4) is 0 Å². The molecule has 1 fully saturated rings. The monoisotopic (exact) mass is 268 g/mol. The second-order valence-corrected chi connectivity index (χ2v) is 5.08. The molecule has 4 heteroatoms. The standard InChI is InChI=1S/C15H28N2O2/c1-2-3-4-5-6-7-8-9-10-15(18)16-17-11-13-19-14-12-17/h2H,1,3-14H2,(H,16,18). The maximum atomic E-state index is 11.7. The maximum Gasteiger partial charge on any atom is 0.234 e. The lowest BCUT2D eigenvalue weighted by Gasteiger charge is -2.26. The van der Waals surface area contributed by atoms with Crippen LogP contribution in [-0.2, 0) is 9.53 Å². The third-order valence-electron chi connectivity index (χ3n) is 3.36. The Balaban J connectivity index is 1.88. The highest BCUT2D eigenvalue weighted by Gasteiger charge is 2.12. The van der Waals surface area contributed by atoms with Gasteiger partial charge in [-0.2, -0.15) is 0 Å². The summed E-state index contributed by atoms with van der Waals surface area (Å²) < 4.78 is 5.24. The van der Waals surface area contributed by atoms with E-state index in [2.05, 4.69) is 12.0 Å². The molecule has 0 radical (unpaired) electrons. The van der Waals surface area contributed by atoms with Gasteiger partial charge in [-0.1, -0.05) is 31.8 Å². The largest absolute Gasteiger partial charge is 0.379 e. The van der Waals surface area contributed by atoms with Crippen LogP contribution in [0.1, 0.15) is 51.4 Å². The van der Waals surface area contributed by atoms with Gasteiger partial charge in [-0.15, -0.1) is 6.58 Å². The highest BCUT2D eigenvalue weighted by Crippen LogP contribution is 2.08. The van der Waals surface area contributed by atoms with Crippen LogP contribution in [0.25, 0.3) is 0 Å². The molecule has 0 aliphatic carbocycles. The number of unbranched alkanes of at least 4 members (excludes halogenated alkanes) is 6. The smallest absolute Gasteiger partial charge is 0.234 e. The van der Waals surface area contributed by atoms with Gasteiger partial charge in [0.25, 0.3) is 0 Å². The van der Waals surface area contributed by atoms with Gasteiger partial charge < -0.3 is 4.74 Å². The van der Waals surface area contributed by atoms with Crippen LogP contribution >= 0.6 is 0 Å². The first-order chi connectivity index (χ1) is 9.33. The molecule has 0 unspecified atom stereocenters. The third-order valence-corrected chi connectivity index (χ3v) is 3.36. The lowest BCUT2D eigenvalue weighted by Crippen LogP contribution is -2.48. The first-order valence-electron chi connectivity index (χ1n) is 7.56. The summed E-state index contributed by atoms with van der Waals surface area (Å²) in [6.07, 6.45) is 11.0. The van der Waals surface area contributed by atoms with Crippen molar-refractivity contribution in [3.63, 3.8) is 0 Å². The molecule has 1 aliphatic rings. The average molecular weight is 268 g/mol. The van der Waals surface area contributed by atoms with Crippen molar-refractivity contribution in [3.05, 3.63) is 12.7 Å². The van der Waals surface area contributed by atoms with Crippen molar-refractivity contribution in [1.29, 1.82) is 0 Å². The molecule has 1 heterocycles. The van der Waals surface area contributed by atoms with Gasteiger partial charge in [0.15, 0.2) is 0 Å². The van der Waals surface area contributed by atoms with Crippen molar-refractivity contribution in [2.45, 2.75) is 51.4 Å². The topological polar surface area (TPSA) is 41.6 Å². The van der Waals surface area contributed by atoms with E-state index in [0.29, 0.717) is 19.6 Å². The van der Waals surface area contributed by atoms with E-state index in [0.717, 1.165) is 32.4 Å². The van der Waals surface area contributed by atoms with Crippen molar-refractivity contribution in [1.82, 2.24) is 10.4 Å². The Morgan fingerprint density at radius 1 is 1.11 bits per heavy atom. The second kappa shape index (κ2) is 11.0. The number of carbonyl (C=O) groups is 1. The predicted octanol–water partition coefficient (Wildman–Crippen LogP) is 2.66. The zero-order valence-corrected chi connectivity index (χ0v) is 12.0. The Morgan fingerprint density at radius 2 is 1.74 bits per heavy atom. The summed E-state index contributed by atoms with van der Waals surface area (Å²) >= 11 is 0. The van der Waals surface area contributed by atoms with Gasteiger partial charge in [-0.05, 0) is 19.3 Å². The number of morpholine rings is 1. The predicted molar refractivity (Wildman–Crippen MR) is 77.7 cm³/mol. The van der Waals surface area contributed by atoms with Crippen molar-refractivity contribution in [2.24, 2.45) is 0 Å². The maximum absolute atomic E-state index is 11.7. The van der Waals surface area contributed by atoms with Crippen LogP contribution in [0.3, 0.4) is 0 Å². The quantitative estimate of drug-likeness (QED) is 0.489. The highest BCUT2D eigenvalue weighted by atomic mass is 16.5. The number of ether oxygens (including phenoxy) is 1. The molecule has 1 amide bonds. The third kappa shape index (κ3) is 8.78. The Kier molecular flexibility index (Phi) is 9.37. The first-order valence-corrected chi connectivity index (χ1v) is 7.56. The van der Waals surface area contributed by atoms with Crippen molar-refractivity contribution >= 4 is 5.91 Å². The number of rotatable bonds is 10. The van der Waals surface area contributed by atoms with Crippen LogP contribution < -0.4 is 5.43 Å². The summed E-state index contributed by atoms with van der Waals surface area (Å²) in [5, 5.41) is 1.96. The average Bonchev–Trinajstić information content (AvgIpc) is 2.43. The number of hydrogen-bond acceptors (Lipinski definition) is 3. The normalized spacial score (nSPS) is 16.2. The lowest BCUT2D eigenvalue weighted by molar-refractivity contribution is -0.128. The molecule has 0 aromatic heterocycles. The molecule has 1 aliphatic heterocycles. The van der Waals surface area contributed by atoms with Crippen molar-refractivity contribution in [2.75, 3.05) is 26.3 Å². The van der Waals surface area contributed by atoms with Crippen LogP contribution in [-0.4, -0.2) is 37.2 Å². The minimum absolute atomic E-state index is 0.147. The lowest BCUT2D eigenvalue weighted by atomic mass is 10.1. The Labute approximate surface area is 117 Å². The molecule has 0 bridgehead atoms. The van der Waals surface area contributed by atoms with Crippen molar-refractivity contribution < 1.29 is 9.53 Å². The van der Waals surface area contributed by atoms with Crippen LogP contribution in [0.15, 0.2) is 12.7 Å². The van der Waals surface area contributed by atoms with Gasteiger partial charge in [-0.25, -0.2) is 5.01 Å². The van der Waals surface area contributed by atoms with Crippen LogP contribution in [0.4, 0.5) is 0 Å². The fraction of sp³-hybridized carbons (Fsp3) is 0.800. The van der Waals surface area contributed by atoms with Gasteiger partial charge in [0.2, 0.25) is 5.91 Å². The summed E-state index contributed by atoms with van der Waals surface area (Å²) in [6.45, 7) is 6.75. The fourth-order valence-corrected chi connectivity index (χ4v) is 2.19. The number of carbonyl (C=O) groups excluding carboxylic acids is 1. The highest BCUT2D eigenvalue weighted by molar-refractivity contribution is 5.75. The molecule has 0 spiro atoms. The number of nitrogens with one attached hydrogen (secondary N) is 1. The van der Waals surface area contributed by atoms with E-state index in [9.17, 15) is 4.79 Å². The van der Waals surface area contributed by atoms with E-state index >= 15 is 0 Å². The molecule has 1 saturated heterocycles. The van der Waals surface area contributed by atoms with E-state index < -0.39 is 0 Å². The number of allylic oxidation sites excluding steroid dienone is 1. The Bertz CT molecular complexity index is 251. The van der Waals surface area contributed by atoms with Crippen LogP contribution in [0, 0.1) is 0 Å². The number of nitrogens with zero attached hydrogens (tertiary/aromatic N) is 1. The molecule has 110 valence electrons. The van der Waals surface area contributed by atoms with E-state index in [1.165, 1.54) is 25.7 Å². The number of hydrazine groups is 1. The molecule has 4 nitrogen and oxygen atoms in total. The minimum atomic E-state index is 0.147. The molecule has 1 N–H and O–H groups in total. The molecule has 0 atom stereocenters. The van der Waals surface area contributed by atoms with E-state index in [1.54, 1.807) is 0 Å². The molecule has 0 aromatic rings.